The Morgan fingerprint density at radius 1 is 1.24 bits per heavy atom. The number of hydrogen-bond acceptors (Lipinski definition) is 2. The average Bonchev–Trinajstić information content (AvgIpc) is 2.73. The Balaban J connectivity index is 1.77. The van der Waals surface area contributed by atoms with Crippen molar-refractivity contribution in [3.8, 4) is 5.75 Å². The molecule has 0 radical (unpaired) electrons. The van der Waals surface area contributed by atoms with E-state index in [2.05, 4.69) is 12.1 Å². The molecule has 0 spiro atoms. The van der Waals surface area contributed by atoms with Crippen molar-refractivity contribution in [2.24, 2.45) is 0 Å². The van der Waals surface area contributed by atoms with Crippen molar-refractivity contribution in [2.45, 2.75) is 31.6 Å². The van der Waals surface area contributed by atoms with Gasteiger partial charge in [-0.3, -0.25) is 4.79 Å². The Kier molecular flexibility index (Phi) is 2.71. The van der Waals surface area contributed by atoms with Gasteiger partial charge < -0.3 is 4.74 Å². The fraction of sp³-hybridized carbons (Fsp3) is 0.400. The standard InChI is InChI=1S/C15H16O2/c16-13-5-3-4-11(9-13)8-12-10-17-15-7-2-1-6-14(12)15/h1-2,6-7,9,12H,3-5,8,10H2. The number of fused-ring (bicyclic) bond motifs is 1. The fourth-order valence-electron chi connectivity index (χ4n) is 2.74. The van der Waals surface area contributed by atoms with Crippen LogP contribution in [0.1, 0.15) is 37.2 Å². The minimum absolute atomic E-state index is 0.290. The molecule has 1 heterocycles. The molecule has 0 amide bonds. The van der Waals surface area contributed by atoms with Crippen LogP contribution in [-0.4, -0.2) is 12.4 Å². The van der Waals surface area contributed by atoms with Crippen LogP contribution in [0.4, 0.5) is 0 Å². The van der Waals surface area contributed by atoms with Crippen molar-refractivity contribution >= 4 is 5.78 Å². The highest BCUT2D eigenvalue weighted by Crippen LogP contribution is 2.38. The number of carbonyl (C=O) groups is 1. The summed E-state index contributed by atoms with van der Waals surface area (Å²) in [6.07, 6.45) is 5.64. The molecule has 0 saturated heterocycles. The highest BCUT2D eigenvalue weighted by Gasteiger charge is 2.25. The predicted octanol–water partition coefficient (Wildman–Crippen LogP) is 3.23. The molecule has 2 nitrogen and oxygen atoms in total. The van der Waals surface area contributed by atoms with Crippen LogP contribution in [0, 0.1) is 0 Å². The van der Waals surface area contributed by atoms with Gasteiger partial charge in [0, 0.05) is 17.9 Å². The van der Waals surface area contributed by atoms with Gasteiger partial charge in [-0.2, -0.15) is 0 Å². The number of ketones is 1. The molecule has 2 aliphatic rings. The summed E-state index contributed by atoms with van der Waals surface area (Å²) < 4.78 is 5.67. The van der Waals surface area contributed by atoms with Gasteiger partial charge >= 0.3 is 0 Å². The number of benzene rings is 1. The van der Waals surface area contributed by atoms with Crippen LogP contribution in [-0.2, 0) is 4.79 Å². The molecule has 1 aliphatic carbocycles. The summed E-state index contributed by atoms with van der Waals surface area (Å²) in [4.78, 5) is 11.4. The third-order valence-electron chi connectivity index (χ3n) is 3.59. The minimum Gasteiger partial charge on any atom is -0.493 e. The zero-order valence-electron chi connectivity index (χ0n) is 9.82. The third kappa shape index (κ3) is 2.12. The highest BCUT2D eigenvalue weighted by atomic mass is 16.5. The Morgan fingerprint density at radius 3 is 3.00 bits per heavy atom. The predicted molar refractivity (Wildman–Crippen MR) is 66.2 cm³/mol. The van der Waals surface area contributed by atoms with Crippen LogP contribution in [0.25, 0.3) is 0 Å². The SMILES string of the molecule is O=C1C=C(CC2COc3ccccc32)CCC1. The van der Waals surface area contributed by atoms with E-state index >= 15 is 0 Å². The first-order valence-corrected chi connectivity index (χ1v) is 6.27. The van der Waals surface area contributed by atoms with Crippen LogP contribution < -0.4 is 4.74 Å². The summed E-state index contributed by atoms with van der Waals surface area (Å²) >= 11 is 0. The molecule has 0 saturated carbocycles. The maximum Gasteiger partial charge on any atom is 0.155 e. The molecule has 2 heteroatoms. The molecule has 17 heavy (non-hydrogen) atoms. The molecule has 1 aromatic carbocycles. The van der Waals surface area contributed by atoms with E-state index in [1.165, 1.54) is 11.1 Å². The van der Waals surface area contributed by atoms with E-state index in [0.29, 0.717) is 11.7 Å². The minimum atomic E-state index is 0.290. The van der Waals surface area contributed by atoms with Crippen molar-refractivity contribution in [2.75, 3.05) is 6.61 Å². The van der Waals surface area contributed by atoms with E-state index in [9.17, 15) is 4.79 Å². The van der Waals surface area contributed by atoms with Crippen LogP contribution >= 0.6 is 0 Å². The van der Waals surface area contributed by atoms with Crippen LogP contribution in [0.5, 0.6) is 5.75 Å². The largest absolute Gasteiger partial charge is 0.493 e. The van der Waals surface area contributed by atoms with Gasteiger partial charge in [0.1, 0.15) is 5.75 Å². The maximum absolute atomic E-state index is 11.4. The van der Waals surface area contributed by atoms with Gasteiger partial charge in [0.2, 0.25) is 0 Å². The van der Waals surface area contributed by atoms with Gasteiger partial charge in [-0.15, -0.1) is 0 Å². The lowest BCUT2D eigenvalue weighted by Gasteiger charge is -2.15. The van der Waals surface area contributed by atoms with Gasteiger partial charge in [-0.05, 0) is 31.4 Å². The average molecular weight is 228 g/mol. The number of carbonyl (C=O) groups excluding carboxylic acids is 1. The lowest BCUT2D eigenvalue weighted by molar-refractivity contribution is -0.115. The number of allylic oxidation sites excluding steroid dienone is 2. The summed E-state index contributed by atoms with van der Waals surface area (Å²) in [5, 5.41) is 0. The Hall–Kier alpha value is -1.57. The van der Waals surface area contributed by atoms with E-state index in [-0.39, 0.29) is 0 Å². The quantitative estimate of drug-likeness (QED) is 0.776. The fourth-order valence-corrected chi connectivity index (χ4v) is 2.74. The topological polar surface area (TPSA) is 26.3 Å². The lowest BCUT2D eigenvalue weighted by atomic mass is 9.88. The Bertz CT molecular complexity index is 474. The summed E-state index contributed by atoms with van der Waals surface area (Å²) in [5.74, 6) is 1.74. The van der Waals surface area contributed by atoms with E-state index in [1.807, 2.05) is 18.2 Å². The Labute approximate surface area is 101 Å². The van der Waals surface area contributed by atoms with E-state index in [0.717, 1.165) is 38.0 Å². The third-order valence-corrected chi connectivity index (χ3v) is 3.59. The van der Waals surface area contributed by atoms with Gasteiger partial charge in [0.05, 0.1) is 6.61 Å². The zero-order valence-corrected chi connectivity index (χ0v) is 9.82. The normalized spacial score (nSPS) is 22.9. The second-order valence-electron chi connectivity index (χ2n) is 4.87. The summed E-state index contributed by atoms with van der Waals surface area (Å²) in [6.45, 7) is 0.755. The molecule has 1 atom stereocenters. The molecule has 88 valence electrons. The molecule has 1 aliphatic heterocycles. The van der Waals surface area contributed by atoms with Crippen LogP contribution in [0.2, 0.25) is 0 Å². The van der Waals surface area contributed by atoms with Crippen molar-refractivity contribution in [1.29, 1.82) is 0 Å². The van der Waals surface area contributed by atoms with Crippen molar-refractivity contribution in [3.05, 3.63) is 41.5 Å². The summed E-state index contributed by atoms with van der Waals surface area (Å²) in [7, 11) is 0. The second kappa shape index (κ2) is 4.36. The molecule has 0 aromatic heterocycles. The van der Waals surface area contributed by atoms with Crippen LogP contribution in [0.3, 0.4) is 0 Å². The van der Waals surface area contributed by atoms with Gasteiger partial charge in [-0.1, -0.05) is 23.8 Å². The zero-order chi connectivity index (χ0) is 11.7. The molecular weight excluding hydrogens is 212 g/mol. The molecule has 1 aromatic rings. The number of para-hydroxylation sites is 1. The first-order chi connectivity index (χ1) is 8.33. The number of ether oxygens (including phenoxy) is 1. The monoisotopic (exact) mass is 228 g/mol. The summed E-state index contributed by atoms with van der Waals surface area (Å²) in [6, 6.07) is 8.22. The van der Waals surface area contributed by atoms with Crippen molar-refractivity contribution in [1.82, 2.24) is 0 Å². The van der Waals surface area contributed by atoms with Crippen molar-refractivity contribution < 1.29 is 9.53 Å². The van der Waals surface area contributed by atoms with Crippen LogP contribution in [0.15, 0.2) is 35.9 Å². The maximum atomic E-state index is 11.4. The van der Waals surface area contributed by atoms with E-state index in [4.69, 9.17) is 4.74 Å². The van der Waals surface area contributed by atoms with E-state index < -0.39 is 0 Å². The van der Waals surface area contributed by atoms with Gasteiger partial charge in [-0.25, -0.2) is 0 Å². The van der Waals surface area contributed by atoms with Crippen molar-refractivity contribution in [3.63, 3.8) is 0 Å². The molecule has 0 N–H and O–H groups in total. The van der Waals surface area contributed by atoms with E-state index in [1.54, 1.807) is 0 Å². The molecule has 1 unspecified atom stereocenters. The molecular formula is C15H16O2. The van der Waals surface area contributed by atoms with Gasteiger partial charge in [0.15, 0.2) is 5.78 Å². The smallest absolute Gasteiger partial charge is 0.155 e. The molecule has 0 fully saturated rings. The molecule has 3 rings (SSSR count). The first-order valence-electron chi connectivity index (χ1n) is 6.27. The molecule has 0 bridgehead atoms. The Morgan fingerprint density at radius 2 is 2.12 bits per heavy atom. The first kappa shape index (κ1) is 10.6. The summed E-state index contributed by atoms with van der Waals surface area (Å²) in [5.41, 5.74) is 2.60. The lowest BCUT2D eigenvalue weighted by Crippen LogP contribution is -2.07. The highest BCUT2D eigenvalue weighted by molar-refractivity contribution is 5.91. The van der Waals surface area contributed by atoms with Gasteiger partial charge in [0.25, 0.3) is 0 Å². The number of rotatable bonds is 2. The number of hydrogen-bond donors (Lipinski definition) is 0. The second-order valence-corrected chi connectivity index (χ2v) is 4.87.